The van der Waals surface area contributed by atoms with Gasteiger partial charge in [-0.25, -0.2) is 0 Å². The number of ether oxygens (including phenoxy) is 1. The molecular weight excluding hydrogens is 320 g/mol. The van der Waals surface area contributed by atoms with Crippen molar-refractivity contribution in [2.24, 2.45) is 0 Å². The smallest absolute Gasteiger partial charge is 0.254 e. The number of hydrogen-bond donors (Lipinski definition) is 0. The summed E-state index contributed by atoms with van der Waals surface area (Å²) in [6, 6.07) is 14.2. The lowest BCUT2D eigenvalue weighted by molar-refractivity contribution is 0.264. The van der Waals surface area contributed by atoms with Gasteiger partial charge in [0.1, 0.15) is 5.75 Å². The van der Waals surface area contributed by atoms with Gasteiger partial charge in [0.2, 0.25) is 5.89 Å². The number of aryl methyl sites for hydroxylation is 2. The van der Waals surface area contributed by atoms with E-state index in [0.717, 1.165) is 17.1 Å². The maximum absolute atomic E-state index is 5.72. The predicted octanol–water partition coefficient (Wildman–Crippen LogP) is 5.04. The zero-order chi connectivity index (χ0) is 16.9. The van der Waals surface area contributed by atoms with Crippen molar-refractivity contribution in [3.8, 4) is 17.2 Å². The van der Waals surface area contributed by atoms with Gasteiger partial charge in [-0.2, -0.15) is 0 Å². The second kappa shape index (κ2) is 7.53. The van der Waals surface area contributed by atoms with E-state index >= 15 is 0 Å². The summed E-state index contributed by atoms with van der Waals surface area (Å²) in [6.07, 6.45) is 0. The third kappa shape index (κ3) is 4.17. The topological polar surface area (TPSA) is 48.2 Å². The van der Waals surface area contributed by atoms with Crippen molar-refractivity contribution < 1.29 is 9.15 Å². The van der Waals surface area contributed by atoms with E-state index in [1.54, 1.807) is 11.8 Å². The predicted molar refractivity (Wildman–Crippen MR) is 96.4 cm³/mol. The molecule has 0 saturated carbocycles. The van der Waals surface area contributed by atoms with Crippen LogP contribution in [0.3, 0.4) is 0 Å². The van der Waals surface area contributed by atoms with Crippen molar-refractivity contribution in [1.29, 1.82) is 0 Å². The second-order valence-electron chi connectivity index (χ2n) is 5.57. The molecule has 0 bridgehead atoms. The monoisotopic (exact) mass is 340 g/mol. The Morgan fingerprint density at radius 1 is 1.00 bits per heavy atom. The molecule has 0 saturated heterocycles. The van der Waals surface area contributed by atoms with Crippen molar-refractivity contribution in [3.05, 3.63) is 59.5 Å². The first kappa shape index (κ1) is 16.6. The molecule has 0 aliphatic heterocycles. The number of aromatic nitrogens is 2. The first-order chi connectivity index (χ1) is 11.6. The molecule has 0 unspecified atom stereocenters. The number of hydrogen-bond acceptors (Lipinski definition) is 5. The summed E-state index contributed by atoms with van der Waals surface area (Å²) in [6.45, 7) is 6.50. The molecule has 0 N–H and O–H groups in total. The van der Waals surface area contributed by atoms with E-state index in [2.05, 4.69) is 49.2 Å². The van der Waals surface area contributed by atoms with Gasteiger partial charge in [-0.1, -0.05) is 24.1 Å². The van der Waals surface area contributed by atoms with Crippen molar-refractivity contribution in [1.82, 2.24) is 10.2 Å². The Morgan fingerprint density at radius 3 is 2.38 bits per heavy atom. The molecule has 0 aliphatic carbocycles. The molecule has 5 heteroatoms. The van der Waals surface area contributed by atoms with Crippen LogP contribution in [0.4, 0.5) is 0 Å². The highest BCUT2D eigenvalue weighted by atomic mass is 32.2. The summed E-state index contributed by atoms with van der Waals surface area (Å²) in [7, 11) is 0. The van der Waals surface area contributed by atoms with Crippen LogP contribution in [0, 0.1) is 13.8 Å². The average Bonchev–Trinajstić information content (AvgIpc) is 3.03. The van der Waals surface area contributed by atoms with Gasteiger partial charge in [0.15, 0.2) is 6.61 Å². The molecule has 24 heavy (non-hydrogen) atoms. The zero-order valence-corrected chi connectivity index (χ0v) is 14.9. The highest BCUT2D eigenvalue weighted by molar-refractivity contribution is 7.99. The van der Waals surface area contributed by atoms with Crippen LogP contribution in [0.15, 0.2) is 51.8 Å². The summed E-state index contributed by atoms with van der Waals surface area (Å²) < 4.78 is 11.4. The first-order valence-electron chi connectivity index (χ1n) is 7.91. The molecule has 0 spiro atoms. The van der Waals surface area contributed by atoms with Crippen LogP contribution in [0.5, 0.6) is 5.75 Å². The molecule has 2 aromatic carbocycles. The minimum absolute atomic E-state index is 0.262. The summed E-state index contributed by atoms with van der Waals surface area (Å²) in [5.74, 6) is 2.84. The lowest BCUT2D eigenvalue weighted by Crippen LogP contribution is -1.95. The Kier molecular flexibility index (Phi) is 5.20. The fraction of sp³-hybridized carbons (Fsp3) is 0.263. The number of nitrogens with zero attached hydrogens (tertiary/aromatic N) is 2. The fourth-order valence-electron chi connectivity index (χ4n) is 2.47. The van der Waals surface area contributed by atoms with Gasteiger partial charge in [0.25, 0.3) is 5.89 Å². The lowest BCUT2D eigenvalue weighted by Gasteiger charge is -2.04. The van der Waals surface area contributed by atoms with Crippen molar-refractivity contribution in [2.75, 3.05) is 5.75 Å². The molecular formula is C19H20N2O2S. The third-order valence-electron chi connectivity index (χ3n) is 3.43. The van der Waals surface area contributed by atoms with E-state index in [1.807, 2.05) is 24.3 Å². The minimum atomic E-state index is 0.262. The molecule has 1 heterocycles. The Morgan fingerprint density at radius 2 is 1.71 bits per heavy atom. The van der Waals surface area contributed by atoms with Crippen LogP contribution in [-0.4, -0.2) is 16.0 Å². The Bertz CT molecular complexity index is 792. The standard InChI is InChI=1S/C19H20N2O2S/c1-4-24-17-7-5-16(6-8-17)22-12-18-20-21-19(23-18)15-10-13(2)9-14(3)11-15/h5-11H,4,12H2,1-3H3. The average molecular weight is 340 g/mol. The summed E-state index contributed by atoms with van der Waals surface area (Å²) in [4.78, 5) is 1.24. The van der Waals surface area contributed by atoms with E-state index in [9.17, 15) is 0 Å². The molecule has 124 valence electrons. The minimum Gasteiger partial charge on any atom is -0.484 e. The zero-order valence-electron chi connectivity index (χ0n) is 14.1. The van der Waals surface area contributed by atoms with Crippen molar-refractivity contribution in [3.63, 3.8) is 0 Å². The molecule has 0 aliphatic rings. The Hall–Kier alpha value is -2.27. The maximum atomic E-state index is 5.72. The number of benzene rings is 2. The molecule has 0 amide bonds. The van der Waals surface area contributed by atoms with Gasteiger partial charge >= 0.3 is 0 Å². The van der Waals surface area contributed by atoms with Crippen molar-refractivity contribution in [2.45, 2.75) is 32.3 Å². The normalized spacial score (nSPS) is 10.8. The van der Waals surface area contributed by atoms with E-state index < -0.39 is 0 Å². The Balaban J connectivity index is 1.65. The molecule has 1 aromatic heterocycles. The maximum Gasteiger partial charge on any atom is 0.254 e. The van der Waals surface area contributed by atoms with Gasteiger partial charge in [0, 0.05) is 10.5 Å². The van der Waals surface area contributed by atoms with Crippen LogP contribution >= 0.6 is 11.8 Å². The highest BCUT2D eigenvalue weighted by Gasteiger charge is 2.10. The van der Waals surface area contributed by atoms with E-state index in [0.29, 0.717) is 11.8 Å². The van der Waals surface area contributed by atoms with Gasteiger partial charge in [-0.05, 0) is 56.0 Å². The lowest BCUT2D eigenvalue weighted by atomic mass is 10.1. The van der Waals surface area contributed by atoms with Crippen LogP contribution < -0.4 is 4.74 Å². The summed E-state index contributed by atoms with van der Waals surface area (Å²) >= 11 is 1.81. The molecule has 3 rings (SSSR count). The number of thioether (sulfide) groups is 1. The largest absolute Gasteiger partial charge is 0.484 e. The van der Waals surface area contributed by atoms with Crippen LogP contribution in [0.2, 0.25) is 0 Å². The van der Waals surface area contributed by atoms with E-state index in [1.165, 1.54) is 16.0 Å². The van der Waals surface area contributed by atoms with Gasteiger partial charge in [0.05, 0.1) is 0 Å². The Labute approximate surface area is 146 Å². The van der Waals surface area contributed by atoms with E-state index in [-0.39, 0.29) is 6.61 Å². The van der Waals surface area contributed by atoms with Crippen molar-refractivity contribution >= 4 is 11.8 Å². The first-order valence-corrected chi connectivity index (χ1v) is 8.89. The van der Waals surface area contributed by atoms with Crippen LogP contribution in [0.25, 0.3) is 11.5 Å². The SMILES string of the molecule is CCSc1ccc(OCc2nnc(-c3cc(C)cc(C)c3)o2)cc1. The molecule has 0 radical (unpaired) electrons. The van der Waals surface area contributed by atoms with Gasteiger partial charge in [-0.3, -0.25) is 0 Å². The highest BCUT2D eigenvalue weighted by Crippen LogP contribution is 2.23. The fourth-order valence-corrected chi connectivity index (χ4v) is 3.13. The molecule has 0 atom stereocenters. The second-order valence-corrected chi connectivity index (χ2v) is 6.91. The van der Waals surface area contributed by atoms with Crippen LogP contribution in [-0.2, 0) is 6.61 Å². The number of rotatable bonds is 6. The third-order valence-corrected chi connectivity index (χ3v) is 4.33. The van der Waals surface area contributed by atoms with Crippen LogP contribution in [0.1, 0.15) is 23.9 Å². The summed E-state index contributed by atoms with van der Waals surface area (Å²) in [5.41, 5.74) is 3.28. The quantitative estimate of drug-likeness (QED) is 0.588. The molecule has 4 nitrogen and oxygen atoms in total. The molecule has 0 fully saturated rings. The molecule has 3 aromatic rings. The van der Waals surface area contributed by atoms with Gasteiger partial charge < -0.3 is 9.15 Å². The summed E-state index contributed by atoms with van der Waals surface area (Å²) in [5, 5.41) is 8.19. The van der Waals surface area contributed by atoms with Gasteiger partial charge in [-0.15, -0.1) is 22.0 Å². The van der Waals surface area contributed by atoms with E-state index in [4.69, 9.17) is 9.15 Å².